The van der Waals surface area contributed by atoms with Gasteiger partial charge in [-0.1, -0.05) is 18.6 Å². The molecule has 0 aliphatic carbocycles. The maximum Gasteiger partial charge on any atom is 0.237 e. The molecule has 1 heterocycles. The minimum absolute atomic E-state index is 0.0217. The summed E-state index contributed by atoms with van der Waals surface area (Å²) < 4.78 is 0. The van der Waals surface area contributed by atoms with Gasteiger partial charge in [-0.2, -0.15) is 0 Å². The van der Waals surface area contributed by atoms with E-state index in [4.69, 9.17) is 5.73 Å². The van der Waals surface area contributed by atoms with E-state index in [0.717, 1.165) is 19.4 Å². The highest BCUT2D eigenvalue weighted by Crippen LogP contribution is 2.03. The van der Waals surface area contributed by atoms with Gasteiger partial charge in [0.2, 0.25) is 5.91 Å². The maximum atomic E-state index is 11.3. The van der Waals surface area contributed by atoms with Crippen molar-refractivity contribution < 1.29 is 4.79 Å². The number of allylic oxidation sites excluding steroid dienone is 1. The van der Waals surface area contributed by atoms with E-state index in [1.807, 2.05) is 6.08 Å². The van der Waals surface area contributed by atoms with Gasteiger partial charge in [-0.3, -0.25) is 4.79 Å². The first-order valence-electron chi connectivity index (χ1n) is 4.99. The fourth-order valence-corrected chi connectivity index (χ4v) is 1.37. The molecule has 3 heteroatoms. The first-order chi connectivity index (χ1) is 6.30. The summed E-state index contributed by atoms with van der Waals surface area (Å²) in [6.07, 6.45) is 9.36. The highest BCUT2D eigenvalue weighted by Gasteiger charge is 2.10. The van der Waals surface area contributed by atoms with Gasteiger partial charge in [0.1, 0.15) is 0 Å². The molecule has 3 nitrogen and oxygen atoms in total. The number of hydrogen-bond acceptors (Lipinski definition) is 2. The van der Waals surface area contributed by atoms with E-state index in [0.29, 0.717) is 6.42 Å². The van der Waals surface area contributed by atoms with Gasteiger partial charge in [0, 0.05) is 6.54 Å². The van der Waals surface area contributed by atoms with Crippen molar-refractivity contribution in [1.29, 1.82) is 0 Å². The number of nitrogens with two attached hydrogens (primary N) is 1. The molecule has 0 saturated carbocycles. The number of amides is 1. The zero-order chi connectivity index (χ0) is 9.52. The highest BCUT2D eigenvalue weighted by molar-refractivity contribution is 5.81. The maximum absolute atomic E-state index is 11.3. The third kappa shape index (κ3) is 4.08. The molecule has 0 fully saturated rings. The molecule has 0 aromatic rings. The number of carbonyl (C=O) groups is 1. The molecular weight excluding hydrogens is 164 g/mol. The molecule has 13 heavy (non-hydrogen) atoms. The van der Waals surface area contributed by atoms with Crippen LogP contribution in [0.4, 0.5) is 0 Å². The lowest BCUT2D eigenvalue weighted by molar-refractivity contribution is -0.122. The molecule has 1 unspecified atom stereocenters. The second-order valence-corrected chi connectivity index (χ2v) is 3.45. The van der Waals surface area contributed by atoms with Crippen molar-refractivity contribution in [1.82, 2.24) is 5.32 Å². The molecule has 0 radical (unpaired) electrons. The largest absolute Gasteiger partial charge is 0.355 e. The Kier molecular flexibility index (Phi) is 4.54. The average molecular weight is 182 g/mol. The van der Waals surface area contributed by atoms with Crippen molar-refractivity contribution in [2.75, 3.05) is 6.54 Å². The molecule has 1 aliphatic heterocycles. The Balaban J connectivity index is 2.41. The normalized spacial score (nSPS) is 28.7. The zero-order valence-electron chi connectivity index (χ0n) is 7.96. The highest BCUT2D eigenvalue weighted by atomic mass is 16.2. The smallest absolute Gasteiger partial charge is 0.237 e. The van der Waals surface area contributed by atoms with E-state index in [9.17, 15) is 4.79 Å². The fourth-order valence-electron chi connectivity index (χ4n) is 1.37. The van der Waals surface area contributed by atoms with Crippen LogP contribution in [0.3, 0.4) is 0 Å². The lowest BCUT2D eigenvalue weighted by atomic mass is 10.1. The van der Waals surface area contributed by atoms with Gasteiger partial charge in [0.15, 0.2) is 0 Å². The van der Waals surface area contributed by atoms with Crippen LogP contribution in [0.15, 0.2) is 12.2 Å². The molecule has 0 aromatic heterocycles. The first-order valence-corrected chi connectivity index (χ1v) is 4.99. The summed E-state index contributed by atoms with van der Waals surface area (Å²) in [6.45, 7) is 0.770. The quantitative estimate of drug-likeness (QED) is 0.548. The summed E-state index contributed by atoms with van der Waals surface area (Å²) in [7, 11) is 0. The van der Waals surface area contributed by atoms with Gasteiger partial charge in [-0.05, 0) is 25.7 Å². The fraction of sp³-hybridized carbons (Fsp3) is 0.700. The minimum atomic E-state index is -0.366. The second-order valence-electron chi connectivity index (χ2n) is 3.45. The average Bonchev–Trinajstić information content (AvgIpc) is 2.16. The Hall–Kier alpha value is -0.830. The summed E-state index contributed by atoms with van der Waals surface area (Å²) in [4.78, 5) is 11.3. The lowest BCUT2D eigenvalue weighted by Crippen LogP contribution is -2.40. The lowest BCUT2D eigenvalue weighted by Gasteiger charge is -2.09. The van der Waals surface area contributed by atoms with E-state index < -0.39 is 0 Å². The first kappa shape index (κ1) is 10.3. The molecule has 3 N–H and O–H groups in total. The van der Waals surface area contributed by atoms with E-state index in [1.54, 1.807) is 0 Å². The third-order valence-electron chi connectivity index (χ3n) is 2.24. The van der Waals surface area contributed by atoms with E-state index >= 15 is 0 Å². The Morgan fingerprint density at radius 2 is 2.15 bits per heavy atom. The molecule has 0 saturated heterocycles. The standard InChI is InChI=1S/C10H18N2O/c11-9-7-5-3-1-2-4-6-8-12-10(9)13/h3,5,9H,1-2,4,6-8,11H2,(H,12,13)/b5-3+. The molecule has 1 atom stereocenters. The van der Waals surface area contributed by atoms with E-state index in [1.165, 1.54) is 12.8 Å². The molecular formula is C10H18N2O. The van der Waals surface area contributed by atoms with Crippen LogP contribution in [-0.4, -0.2) is 18.5 Å². The summed E-state index contributed by atoms with van der Waals surface area (Å²) in [5.41, 5.74) is 5.66. The van der Waals surface area contributed by atoms with E-state index in [-0.39, 0.29) is 11.9 Å². The molecule has 74 valence electrons. The minimum Gasteiger partial charge on any atom is -0.355 e. The predicted octanol–water partition coefficient (Wildman–Crippen LogP) is 0.950. The molecule has 0 spiro atoms. The Bertz CT molecular complexity index is 189. The monoisotopic (exact) mass is 182 g/mol. The Morgan fingerprint density at radius 3 is 3.00 bits per heavy atom. The molecule has 0 bridgehead atoms. The van der Waals surface area contributed by atoms with Crippen LogP contribution in [0.25, 0.3) is 0 Å². The van der Waals surface area contributed by atoms with Crippen LogP contribution >= 0.6 is 0 Å². The Labute approximate surface area is 79.4 Å². The Morgan fingerprint density at radius 1 is 1.31 bits per heavy atom. The van der Waals surface area contributed by atoms with Crippen molar-refractivity contribution in [3.63, 3.8) is 0 Å². The van der Waals surface area contributed by atoms with Gasteiger partial charge in [-0.15, -0.1) is 0 Å². The third-order valence-corrected chi connectivity index (χ3v) is 2.24. The van der Waals surface area contributed by atoms with E-state index in [2.05, 4.69) is 11.4 Å². The zero-order valence-corrected chi connectivity index (χ0v) is 7.96. The molecule has 1 aliphatic rings. The number of rotatable bonds is 0. The van der Waals surface area contributed by atoms with Gasteiger partial charge < -0.3 is 11.1 Å². The summed E-state index contributed by atoms with van der Waals surface area (Å²) in [5.74, 6) is -0.0217. The van der Waals surface area contributed by atoms with Crippen LogP contribution in [0.2, 0.25) is 0 Å². The number of hydrogen-bond donors (Lipinski definition) is 2. The van der Waals surface area contributed by atoms with Gasteiger partial charge in [0.05, 0.1) is 6.04 Å². The van der Waals surface area contributed by atoms with Crippen molar-refractivity contribution in [3.8, 4) is 0 Å². The topological polar surface area (TPSA) is 55.1 Å². The molecule has 1 rings (SSSR count). The van der Waals surface area contributed by atoms with Crippen molar-refractivity contribution in [2.24, 2.45) is 5.73 Å². The van der Waals surface area contributed by atoms with Gasteiger partial charge in [-0.25, -0.2) is 0 Å². The number of carbonyl (C=O) groups excluding carboxylic acids is 1. The van der Waals surface area contributed by atoms with Crippen molar-refractivity contribution in [3.05, 3.63) is 12.2 Å². The SMILES string of the molecule is NC1C/C=C/CCCCCNC1=O. The molecule has 1 amide bonds. The van der Waals surface area contributed by atoms with Crippen LogP contribution in [0.1, 0.15) is 32.1 Å². The van der Waals surface area contributed by atoms with Crippen molar-refractivity contribution >= 4 is 5.91 Å². The summed E-state index contributed by atoms with van der Waals surface area (Å²) in [6, 6.07) is -0.366. The van der Waals surface area contributed by atoms with Crippen LogP contribution in [-0.2, 0) is 4.79 Å². The second kappa shape index (κ2) is 5.75. The predicted molar refractivity (Wildman–Crippen MR) is 53.2 cm³/mol. The summed E-state index contributed by atoms with van der Waals surface area (Å²) >= 11 is 0. The van der Waals surface area contributed by atoms with Crippen molar-refractivity contribution in [2.45, 2.75) is 38.1 Å². The van der Waals surface area contributed by atoms with Crippen LogP contribution < -0.4 is 11.1 Å². The number of nitrogens with one attached hydrogen (secondary N) is 1. The molecule has 0 aromatic carbocycles. The summed E-state index contributed by atoms with van der Waals surface area (Å²) in [5, 5.41) is 2.83. The van der Waals surface area contributed by atoms with Gasteiger partial charge >= 0.3 is 0 Å². The van der Waals surface area contributed by atoms with Gasteiger partial charge in [0.25, 0.3) is 0 Å². The van der Waals surface area contributed by atoms with Crippen LogP contribution in [0, 0.1) is 0 Å². The van der Waals surface area contributed by atoms with Crippen LogP contribution in [0.5, 0.6) is 0 Å².